The molecule has 4 rings (SSSR count). The maximum Gasteiger partial charge on any atom is 0.259 e. The van der Waals surface area contributed by atoms with Gasteiger partial charge in [-0.1, -0.05) is 41.6 Å². The zero-order valence-corrected chi connectivity index (χ0v) is 21.0. The number of amides is 1. The van der Waals surface area contributed by atoms with Crippen LogP contribution in [0, 0.1) is 6.92 Å². The molecule has 4 nitrogen and oxygen atoms in total. The van der Waals surface area contributed by atoms with E-state index < -0.39 is 0 Å². The van der Waals surface area contributed by atoms with Gasteiger partial charge < -0.3 is 4.74 Å². The predicted octanol–water partition coefficient (Wildman–Crippen LogP) is 7.22. The Labute approximate surface area is 208 Å². The highest BCUT2D eigenvalue weighted by Crippen LogP contribution is 2.32. The maximum atomic E-state index is 13.3. The molecule has 3 aromatic rings. The van der Waals surface area contributed by atoms with E-state index in [9.17, 15) is 4.79 Å². The first kappa shape index (κ1) is 23.7. The normalized spacial score (nSPS) is 15.0. The van der Waals surface area contributed by atoms with Crippen molar-refractivity contribution in [1.29, 1.82) is 0 Å². The highest BCUT2D eigenvalue weighted by atomic mass is 35.5. The molecule has 0 atom stereocenters. The summed E-state index contributed by atoms with van der Waals surface area (Å²) in [5, 5.41) is 1.46. The number of halogens is 1. The summed E-state index contributed by atoms with van der Waals surface area (Å²) in [6, 6.07) is 21.6. The second-order valence-electron chi connectivity index (χ2n) is 7.67. The van der Waals surface area contributed by atoms with Gasteiger partial charge in [-0.25, -0.2) is 4.99 Å². The maximum absolute atomic E-state index is 13.3. The third-order valence-corrected chi connectivity index (χ3v) is 7.60. The summed E-state index contributed by atoms with van der Waals surface area (Å²) in [5.41, 5.74) is 3.68. The van der Waals surface area contributed by atoms with E-state index in [-0.39, 0.29) is 5.91 Å². The molecule has 7 heteroatoms. The Kier molecular flexibility index (Phi) is 8.02. The summed E-state index contributed by atoms with van der Waals surface area (Å²) in [5.74, 6) is 2.45. The van der Waals surface area contributed by atoms with Crippen LogP contribution in [0.4, 0.5) is 5.69 Å². The van der Waals surface area contributed by atoms with E-state index in [1.807, 2.05) is 73.7 Å². The van der Waals surface area contributed by atoms with Crippen LogP contribution in [0.5, 0.6) is 5.75 Å². The van der Waals surface area contributed by atoms with E-state index in [1.54, 1.807) is 35.5 Å². The highest BCUT2D eigenvalue weighted by molar-refractivity contribution is 8.13. The molecule has 1 amide bonds. The Morgan fingerprint density at radius 3 is 2.61 bits per heavy atom. The molecule has 0 saturated carbocycles. The van der Waals surface area contributed by atoms with Crippen molar-refractivity contribution >= 4 is 51.9 Å². The quantitative estimate of drug-likeness (QED) is 0.338. The number of aliphatic imine (C=N–C) groups is 1. The fourth-order valence-corrected chi connectivity index (χ4v) is 5.36. The van der Waals surface area contributed by atoms with E-state index in [1.165, 1.54) is 0 Å². The fraction of sp³-hybridized carbons (Fsp3) is 0.231. The van der Waals surface area contributed by atoms with Gasteiger partial charge >= 0.3 is 0 Å². The molecule has 0 N–H and O–H groups in total. The lowest BCUT2D eigenvalue weighted by Gasteiger charge is -2.28. The Hall–Kier alpha value is -2.41. The van der Waals surface area contributed by atoms with Crippen molar-refractivity contribution in [2.45, 2.75) is 24.0 Å². The lowest BCUT2D eigenvalue weighted by Crippen LogP contribution is -2.39. The van der Waals surface area contributed by atoms with Gasteiger partial charge in [-0.05, 0) is 73.0 Å². The first-order valence-corrected chi connectivity index (χ1v) is 13.0. The number of hydrogen-bond acceptors (Lipinski definition) is 5. The van der Waals surface area contributed by atoms with Crippen molar-refractivity contribution in [1.82, 2.24) is 4.90 Å². The summed E-state index contributed by atoms with van der Waals surface area (Å²) in [6.07, 6.45) is 0.941. The van der Waals surface area contributed by atoms with Gasteiger partial charge in [0.2, 0.25) is 0 Å². The lowest BCUT2D eigenvalue weighted by atomic mass is 10.1. The number of carbonyl (C=O) groups is 1. The first-order valence-electron chi connectivity index (χ1n) is 10.7. The van der Waals surface area contributed by atoms with Crippen molar-refractivity contribution in [3.63, 3.8) is 0 Å². The van der Waals surface area contributed by atoms with Crippen LogP contribution in [-0.4, -0.2) is 35.4 Å². The molecular formula is C26H25ClN2O2S2. The van der Waals surface area contributed by atoms with Crippen LogP contribution < -0.4 is 4.74 Å². The SMILES string of the molecule is COc1ccc(C)cc1N=C1SCCCN1C(=O)c1ccc(CSc2ccc(Cl)cc2)cc1. The van der Waals surface area contributed by atoms with E-state index in [0.717, 1.165) is 49.8 Å². The Morgan fingerprint density at radius 1 is 1.12 bits per heavy atom. The van der Waals surface area contributed by atoms with Gasteiger partial charge in [0, 0.05) is 33.5 Å². The lowest BCUT2D eigenvalue weighted by molar-refractivity contribution is 0.0849. The van der Waals surface area contributed by atoms with Crippen molar-refractivity contribution in [3.05, 3.63) is 88.4 Å². The standard InChI is InChI=1S/C26H25ClN2O2S2/c1-18-4-13-24(31-2)23(16-18)28-26-29(14-3-15-32-26)25(30)20-7-5-19(6-8-20)17-33-22-11-9-21(27)10-12-22/h4-13,16H,3,14-15,17H2,1-2H3. The van der Waals surface area contributed by atoms with E-state index in [0.29, 0.717) is 17.9 Å². The van der Waals surface area contributed by atoms with Crippen LogP contribution in [0.1, 0.15) is 27.9 Å². The van der Waals surface area contributed by atoms with Gasteiger partial charge in [0.05, 0.1) is 7.11 Å². The number of carbonyl (C=O) groups excluding carboxylic acids is 1. The predicted molar refractivity (Wildman–Crippen MR) is 140 cm³/mol. The summed E-state index contributed by atoms with van der Waals surface area (Å²) in [4.78, 5) is 21.1. The largest absolute Gasteiger partial charge is 0.494 e. The Bertz CT molecular complexity index is 1150. The average molecular weight is 497 g/mol. The summed E-state index contributed by atoms with van der Waals surface area (Å²) >= 11 is 9.31. The van der Waals surface area contributed by atoms with Crippen LogP contribution in [0.15, 0.2) is 76.6 Å². The van der Waals surface area contributed by atoms with Crippen molar-refractivity contribution in [2.24, 2.45) is 4.99 Å². The molecule has 0 spiro atoms. The minimum Gasteiger partial charge on any atom is -0.494 e. The van der Waals surface area contributed by atoms with Crippen molar-refractivity contribution in [3.8, 4) is 5.75 Å². The van der Waals surface area contributed by atoms with E-state index >= 15 is 0 Å². The molecule has 0 aliphatic carbocycles. The third kappa shape index (κ3) is 6.14. The zero-order chi connectivity index (χ0) is 23.2. The number of thioether (sulfide) groups is 2. The van der Waals surface area contributed by atoms with Crippen molar-refractivity contribution < 1.29 is 9.53 Å². The molecule has 170 valence electrons. The van der Waals surface area contributed by atoms with E-state index in [4.69, 9.17) is 21.3 Å². The molecule has 33 heavy (non-hydrogen) atoms. The first-order chi connectivity index (χ1) is 16.0. The van der Waals surface area contributed by atoms with Gasteiger partial charge in [-0.2, -0.15) is 0 Å². The van der Waals surface area contributed by atoms with Gasteiger partial charge in [0.15, 0.2) is 5.17 Å². The van der Waals surface area contributed by atoms with Gasteiger partial charge in [-0.3, -0.25) is 9.69 Å². The van der Waals surface area contributed by atoms with E-state index in [2.05, 4.69) is 0 Å². The van der Waals surface area contributed by atoms with Crippen LogP contribution in [-0.2, 0) is 5.75 Å². The number of aryl methyl sites for hydroxylation is 1. The minimum absolute atomic E-state index is 0.0236. The number of ether oxygens (including phenoxy) is 1. The number of hydrogen-bond donors (Lipinski definition) is 0. The van der Waals surface area contributed by atoms with Gasteiger partial charge in [0.25, 0.3) is 5.91 Å². The number of benzene rings is 3. The molecule has 1 fully saturated rings. The van der Waals surface area contributed by atoms with Crippen LogP contribution in [0.25, 0.3) is 0 Å². The average Bonchev–Trinajstić information content (AvgIpc) is 2.84. The summed E-state index contributed by atoms with van der Waals surface area (Å²) < 4.78 is 5.47. The summed E-state index contributed by atoms with van der Waals surface area (Å²) in [7, 11) is 1.64. The van der Waals surface area contributed by atoms with Gasteiger partial charge in [0.1, 0.15) is 11.4 Å². The third-order valence-electron chi connectivity index (χ3n) is 5.20. The summed E-state index contributed by atoms with van der Waals surface area (Å²) in [6.45, 7) is 2.68. The number of rotatable bonds is 6. The Morgan fingerprint density at radius 2 is 1.88 bits per heavy atom. The van der Waals surface area contributed by atoms with Crippen LogP contribution >= 0.6 is 35.1 Å². The highest BCUT2D eigenvalue weighted by Gasteiger charge is 2.25. The number of nitrogens with zero attached hydrogens (tertiary/aromatic N) is 2. The second-order valence-corrected chi connectivity index (χ2v) is 10.2. The molecular weight excluding hydrogens is 472 g/mol. The molecule has 1 aliphatic heterocycles. The molecule has 0 radical (unpaired) electrons. The molecule has 0 bridgehead atoms. The number of methoxy groups -OCH3 is 1. The smallest absolute Gasteiger partial charge is 0.259 e. The van der Waals surface area contributed by atoms with Crippen LogP contribution in [0.2, 0.25) is 5.02 Å². The second kappa shape index (κ2) is 11.1. The molecule has 1 heterocycles. The molecule has 1 saturated heterocycles. The topological polar surface area (TPSA) is 41.9 Å². The molecule has 0 aromatic heterocycles. The minimum atomic E-state index is -0.0236. The molecule has 0 unspecified atom stereocenters. The van der Waals surface area contributed by atoms with Crippen molar-refractivity contribution in [2.75, 3.05) is 19.4 Å². The number of amidine groups is 1. The van der Waals surface area contributed by atoms with Crippen LogP contribution in [0.3, 0.4) is 0 Å². The fourth-order valence-electron chi connectivity index (χ4n) is 3.43. The monoisotopic (exact) mass is 496 g/mol. The molecule has 3 aromatic carbocycles. The zero-order valence-electron chi connectivity index (χ0n) is 18.6. The Balaban J connectivity index is 1.48. The molecule has 1 aliphatic rings. The van der Waals surface area contributed by atoms with Gasteiger partial charge in [-0.15, -0.1) is 11.8 Å².